The smallest absolute Gasteiger partial charge is 0.263 e. The van der Waals surface area contributed by atoms with Gasteiger partial charge in [0.25, 0.3) is 5.56 Å². The highest BCUT2D eigenvalue weighted by Gasteiger charge is 2.26. The Balaban J connectivity index is 1.55. The van der Waals surface area contributed by atoms with Crippen molar-refractivity contribution in [2.45, 2.75) is 45.4 Å². The van der Waals surface area contributed by atoms with Gasteiger partial charge in [-0.2, -0.15) is 0 Å². The minimum absolute atomic E-state index is 0.0347. The van der Waals surface area contributed by atoms with E-state index in [1.807, 2.05) is 42.6 Å². The molecule has 31 heavy (non-hydrogen) atoms. The Kier molecular flexibility index (Phi) is 5.30. The largest absolute Gasteiger partial charge is 0.494 e. The maximum absolute atomic E-state index is 13.2. The van der Waals surface area contributed by atoms with Crippen molar-refractivity contribution in [1.29, 1.82) is 0 Å². The third-order valence-electron chi connectivity index (χ3n) is 6.84. The first-order valence-corrected chi connectivity index (χ1v) is 12.0. The van der Waals surface area contributed by atoms with Crippen molar-refractivity contribution in [3.63, 3.8) is 0 Å². The van der Waals surface area contributed by atoms with Gasteiger partial charge in [0.1, 0.15) is 5.75 Å². The van der Waals surface area contributed by atoms with Crippen LogP contribution < -0.4 is 10.3 Å². The van der Waals surface area contributed by atoms with Gasteiger partial charge in [0.05, 0.1) is 28.0 Å². The molecule has 0 unspecified atom stereocenters. The van der Waals surface area contributed by atoms with Gasteiger partial charge in [-0.05, 0) is 61.1 Å². The van der Waals surface area contributed by atoms with Crippen molar-refractivity contribution < 1.29 is 4.74 Å². The molecule has 5 rings (SSSR count). The summed E-state index contributed by atoms with van der Waals surface area (Å²) in [7, 11) is 1.65. The molecule has 0 bridgehead atoms. The fraction of sp³-hybridized carbons (Fsp3) is 0.385. The zero-order valence-electron chi connectivity index (χ0n) is 18.3. The molecule has 1 fully saturated rings. The van der Waals surface area contributed by atoms with E-state index in [0.29, 0.717) is 17.1 Å². The zero-order chi connectivity index (χ0) is 21.5. The summed E-state index contributed by atoms with van der Waals surface area (Å²) in [4.78, 5) is 18.1. The van der Waals surface area contributed by atoms with Crippen LogP contribution in [0.2, 0.25) is 0 Å². The monoisotopic (exact) mass is 432 g/mol. The van der Waals surface area contributed by atoms with E-state index in [9.17, 15) is 4.79 Å². The molecule has 1 aliphatic rings. The average molecular weight is 433 g/mol. The predicted molar refractivity (Wildman–Crippen MR) is 129 cm³/mol. The molecule has 160 valence electrons. The lowest BCUT2D eigenvalue weighted by molar-refractivity contribution is 0.259. The van der Waals surface area contributed by atoms with E-state index in [1.54, 1.807) is 23.0 Å². The van der Waals surface area contributed by atoms with E-state index in [2.05, 4.69) is 19.9 Å². The molecule has 0 N–H and O–H groups in total. The SMILES string of the molecule is COc1cc2nc([C@H]3CC[C@H](C(C)C)CC3)sc2cc1-n1ccc2ccccc2c1=O. The fourth-order valence-electron chi connectivity index (χ4n) is 4.90. The summed E-state index contributed by atoms with van der Waals surface area (Å²) in [5.41, 5.74) is 1.69. The van der Waals surface area contributed by atoms with Crippen LogP contribution in [0.15, 0.2) is 53.5 Å². The van der Waals surface area contributed by atoms with Gasteiger partial charge >= 0.3 is 0 Å². The van der Waals surface area contributed by atoms with Gasteiger partial charge in [0, 0.05) is 23.6 Å². The minimum Gasteiger partial charge on any atom is -0.494 e. The molecule has 5 heteroatoms. The summed E-state index contributed by atoms with van der Waals surface area (Å²) in [6, 6.07) is 13.7. The number of aromatic nitrogens is 2. The summed E-state index contributed by atoms with van der Waals surface area (Å²) in [5.74, 6) is 2.83. The molecule has 0 amide bonds. The maximum atomic E-state index is 13.2. The van der Waals surface area contributed by atoms with Gasteiger partial charge in [-0.15, -0.1) is 11.3 Å². The van der Waals surface area contributed by atoms with Crippen LogP contribution in [0.4, 0.5) is 0 Å². The Hall–Kier alpha value is -2.66. The van der Waals surface area contributed by atoms with Crippen molar-refractivity contribution in [2.75, 3.05) is 7.11 Å². The van der Waals surface area contributed by atoms with Crippen molar-refractivity contribution >= 4 is 32.3 Å². The molecule has 2 heterocycles. The van der Waals surface area contributed by atoms with Gasteiger partial charge < -0.3 is 4.74 Å². The van der Waals surface area contributed by atoms with Crippen LogP contribution in [-0.2, 0) is 0 Å². The highest BCUT2D eigenvalue weighted by molar-refractivity contribution is 7.18. The number of benzene rings is 2. The van der Waals surface area contributed by atoms with Gasteiger partial charge in [0.15, 0.2) is 0 Å². The maximum Gasteiger partial charge on any atom is 0.263 e. The molecule has 4 nitrogen and oxygen atoms in total. The Bertz CT molecular complexity index is 1300. The van der Waals surface area contributed by atoms with Gasteiger partial charge in [-0.3, -0.25) is 9.36 Å². The van der Waals surface area contributed by atoms with E-state index in [4.69, 9.17) is 9.72 Å². The topological polar surface area (TPSA) is 44.1 Å². The number of ether oxygens (including phenoxy) is 1. The summed E-state index contributed by atoms with van der Waals surface area (Å²) in [5, 5.41) is 2.88. The third kappa shape index (κ3) is 3.65. The normalized spacial score (nSPS) is 19.4. The molecule has 0 spiro atoms. The van der Waals surface area contributed by atoms with Crippen LogP contribution in [0.3, 0.4) is 0 Å². The van der Waals surface area contributed by atoms with E-state index in [0.717, 1.165) is 33.1 Å². The summed E-state index contributed by atoms with van der Waals surface area (Å²) < 4.78 is 8.47. The van der Waals surface area contributed by atoms with Gasteiger partial charge in [-0.1, -0.05) is 32.0 Å². The molecule has 2 aromatic carbocycles. The number of methoxy groups -OCH3 is 1. The van der Waals surface area contributed by atoms with E-state index in [-0.39, 0.29) is 5.56 Å². The van der Waals surface area contributed by atoms with E-state index >= 15 is 0 Å². The number of rotatable bonds is 4. The number of fused-ring (bicyclic) bond motifs is 2. The molecule has 2 aromatic heterocycles. The van der Waals surface area contributed by atoms with Crippen molar-refractivity contribution in [3.05, 3.63) is 64.0 Å². The Morgan fingerprint density at radius 2 is 1.87 bits per heavy atom. The third-order valence-corrected chi connectivity index (χ3v) is 8.02. The molecule has 0 atom stereocenters. The standard InChI is InChI=1S/C26H28N2O2S/c1-16(2)17-8-10-19(11-9-17)25-27-21-14-23(30-3)22(15-24(21)31-25)28-13-12-18-6-4-5-7-20(18)26(28)29/h4-7,12-17,19H,8-11H2,1-3H3/t17-,19-. The van der Waals surface area contributed by atoms with E-state index in [1.165, 1.54) is 30.7 Å². The van der Waals surface area contributed by atoms with Crippen LogP contribution in [-0.4, -0.2) is 16.7 Å². The Morgan fingerprint density at radius 3 is 2.61 bits per heavy atom. The number of pyridine rings is 1. The molecule has 0 radical (unpaired) electrons. The minimum atomic E-state index is -0.0347. The van der Waals surface area contributed by atoms with Crippen LogP contribution in [0.25, 0.3) is 26.7 Å². The number of hydrogen-bond acceptors (Lipinski definition) is 4. The van der Waals surface area contributed by atoms with Crippen LogP contribution >= 0.6 is 11.3 Å². The highest BCUT2D eigenvalue weighted by Crippen LogP contribution is 2.42. The first-order valence-electron chi connectivity index (χ1n) is 11.1. The van der Waals surface area contributed by atoms with Crippen LogP contribution in [0, 0.1) is 11.8 Å². The molecular weight excluding hydrogens is 404 g/mol. The Labute approximate surface area is 186 Å². The van der Waals surface area contributed by atoms with Gasteiger partial charge in [-0.25, -0.2) is 4.98 Å². The summed E-state index contributed by atoms with van der Waals surface area (Å²) in [6.07, 6.45) is 6.86. The second-order valence-corrected chi connectivity index (χ2v) is 10.0. The van der Waals surface area contributed by atoms with Crippen LogP contribution in [0.5, 0.6) is 5.75 Å². The molecule has 1 aliphatic carbocycles. The first kappa shape index (κ1) is 20.3. The van der Waals surface area contributed by atoms with Crippen LogP contribution in [0.1, 0.15) is 50.5 Å². The first-order chi connectivity index (χ1) is 15.0. The number of thiazole rings is 1. The summed E-state index contributed by atoms with van der Waals surface area (Å²) >= 11 is 1.77. The lowest BCUT2D eigenvalue weighted by Crippen LogP contribution is -2.18. The molecule has 1 saturated carbocycles. The fourth-order valence-corrected chi connectivity index (χ4v) is 6.05. The van der Waals surface area contributed by atoms with E-state index < -0.39 is 0 Å². The number of nitrogens with zero attached hydrogens (tertiary/aromatic N) is 2. The molecular formula is C26H28N2O2S. The molecule has 4 aromatic rings. The van der Waals surface area contributed by atoms with Crippen molar-refractivity contribution in [1.82, 2.24) is 9.55 Å². The summed E-state index contributed by atoms with van der Waals surface area (Å²) in [6.45, 7) is 4.68. The lowest BCUT2D eigenvalue weighted by Gasteiger charge is -2.29. The van der Waals surface area contributed by atoms with Crippen molar-refractivity contribution in [2.24, 2.45) is 11.8 Å². The lowest BCUT2D eigenvalue weighted by atomic mass is 9.77. The average Bonchev–Trinajstić information content (AvgIpc) is 3.22. The van der Waals surface area contributed by atoms with Crippen molar-refractivity contribution in [3.8, 4) is 11.4 Å². The Morgan fingerprint density at radius 1 is 1.10 bits per heavy atom. The number of hydrogen-bond donors (Lipinski definition) is 0. The second-order valence-electron chi connectivity index (χ2n) is 8.98. The molecule has 0 saturated heterocycles. The quantitative estimate of drug-likeness (QED) is 0.368. The van der Waals surface area contributed by atoms with Gasteiger partial charge in [0.2, 0.25) is 0 Å². The zero-order valence-corrected chi connectivity index (χ0v) is 19.1. The second kappa shape index (κ2) is 8.12. The predicted octanol–water partition coefficient (Wildman–Crippen LogP) is 6.54. The highest BCUT2D eigenvalue weighted by atomic mass is 32.1. The molecule has 0 aliphatic heterocycles.